The topological polar surface area (TPSA) is 25.8 Å². The lowest BCUT2D eigenvalue weighted by Crippen LogP contribution is -1.69. The van der Waals surface area contributed by atoms with E-state index >= 15 is 0 Å². The van der Waals surface area contributed by atoms with Crippen molar-refractivity contribution < 1.29 is 0 Å². The average Bonchev–Trinajstić information content (AvgIpc) is 1.72. The molecule has 0 unspecified atom stereocenters. The van der Waals surface area contributed by atoms with Gasteiger partial charge < -0.3 is 0 Å². The maximum absolute atomic E-state index is 3.53. The number of nitrogens with zero attached hydrogens (tertiary/aromatic N) is 2. The third kappa shape index (κ3) is 2.50. The first-order valence-corrected chi connectivity index (χ1v) is 1.72. The van der Waals surface area contributed by atoms with Crippen LogP contribution in [0.5, 0.6) is 0 Å². The van der Waals surface area contributed by atoms with Crippen LogP contribution in [0.25, 0.3) is 0 Å². The fourth-order valence-electron chi connectivity index (χ4n) is 0.253. The van der Waals surface area contributed by atoms with Crippen molar-refractivity contribution in [2.24, 2.45) is 0 Å². The van der Waals surface area contributed by atoms with E-state index in [0.717, 1.165) is 0 Å². The standard InChI is InChI=1S/C4H4N2.HI/c1-2-4-6-5-3-1;/h1-4H;1H. The predicted octanol–water partition coefficient (Wildman–Crippen LogP) is 1.09. The second-order valence-electron chi connectivity index (χ2n) is 0.914. The molecule has 0 fully saturated rings. The molecular weight excluding hydrogens is 203 g/mol. The SMILES string of the molecule is I.c1ccnnc1. The van der Waals surface area contributed by atoms with Gasteiger partial charge in [0.1, 0.15) is 0 Å². The third-order valence-corrected chi connectivity index (χ3v) is 0.483. The van der Waals surface area contributed by atoms with Gasteiger partial charge in [-0.25, -0.2) is 0 Å². The molecule has 1 aromatic rings. The van der Waals surface area contributed by atoms with Crippen LogP contribution < -0.4 is 0 Å². The molecule has 2 nitrogen and oxygen atoms in total. The van der Waals surface area contributed by atoms with Crippen molar-refractivity contribution in [3.63, 3.8) is 0 Å². The average molecular weight is 208 g/mol. The summed E-state index contributed by atoms with van der Waals surface area (Å²) in [5.74, 6) is 0. The molecular formula is C4H5IN2. The molecule has 0 saturated carbocycles. The van der Waals surface area contributed by atoms with Gasteiger partial charge >= 0.3 is 0 Å². The Labute approximate surface area is 59.0 Å². The zero-order valence-electron chi connectivity index (χ0n) is 3.61. The molecule has 0 spiro atoms. The van der Waals surface area contributed by atoms with E-state index in [1.54, 1.807) is 12.4 Å². The highest BCUT2D eigenvalue weighted by molar-refractivity contribution is 14.0. The first kappa shape index (κ1) is 6.81. The van der Waals surface area contributed by atoms with Crippen LogP contribution in [0.1, 0.15) is 0 Å². The zero-order valence-corrected chi connectivity index (χ0v) is 5.94. The molecule has 0 radical (unpaired) electrons. The Kier molecular flexibility index (Phi) is 3.87. The van der Waals surface area contributed by atoms with E-state index in [1.165, 1.54) is 0 Å². The molecule has 0 aliphatic heterocycles. The molecule has 3 heteroatoms. The lowest BCUT2D eigenvalue weighted by Gasteiger charge is -1.69. The second kappa shape index (κ2) is 3.98. The Hall–Kier alpha value is -0.190. The summed E-state index contributed by atoms with van der Waals surface area (Å²) in [6, 6.07) is 3.65. The highest BCUT2D eigenvalue weighted by atomic mass is 127. The van der Waals surface area contributed by atoms with E-state index in [4.69, 9.17) is 0 Å². The summed E-state index contributed by atoms with van der Waals surface area (Å²) in [5.41, 5.74) is 0. The van der Waals surface area contributed by atoms with E-state index < -0.39 is 0 Å². The van der Waals surface area contributed by atoms with Crippen molar-refractivity contribution in [3.05, 3.63) is 24.5 Å². The minimum atomic E-state index is 0. The lowest BCUT2D eigenvalue weighted by atomic mass is 10.6. The molecule has 0 aliphatic rings. The number of hydrogen-bond acceptors (Lipinski definition) is 2. The van der Waals surface area contributed by atoms with Gasteiger partial charge in [-0.1, -0.05) is 0 Å². The first-order valence-electron chi connectivity index (χ1n) is 1.72. The molecule has 1 aromatic heterocycles. The highest BCUT2D eigenvalue weighted by Gasteiger charge is 1.59. The van der Waals surface area contributed by atoms with Crippen LogP contribution in [-0.4, -0.2) is 10.2 Å². The van der Waals surface area contributed by atoms with Crippen molar-refractivity contribution in [1.29, 1.82) is 0 Å². The van der Waals surface area contributed by atoms with Crippen LogP contribution in [0.2, 0.25) is 0 Å². The summed E-state index contributed by atoms with van der Waals surface area (Å²) in [7, 11) is 0. The Balaban J connectivity index is 0.000000360. The second-order valence-corrected chi connectivity index (χ2v) is 0.914. The molecule has 0 aromatic carbocycles. The Morgan fingerprint density at radius 3 is 1.43 bits per heavy atom. The van der Waals surface area contributed by atoms with E-state index in [-0.39, 0.29) is 24.0 Å². The predicted molar refractivity (Wildman–Crippen MR) is 37.4 cm³/mol. The van der Waals surface area contributed by atoms with Crippen molar-refractivity contribution in [1.82, 2.24) is 10.2 Å². The molecule has 7 heavy (non-hydrogen) atoms. The first-order chi connectivity index (χ1) is 3.00. The highest BCUT2D eigenvalue weighted by Crippen LogP contribution is 1.68. The normalized spacial score (nSPS) is 6.86. The number of halogens is 1. The van der Waals surface area contributed by atoms with Crippen LogP contribution in [0.4, 0.5) is 0 Å². The summed E-state index contributed by atoms with van der Waals surface area (Å²) >= 11 is 0. The van der Waals surface area contributed by atoms with Crippen molar-refractivity contribution in [2.75, 3.05) is 0 Å². The molecule has 0 aliphatic carbocycles. The quantitative estimate of drug-likeness (QED) is 0.596. The van der Waals surface area contributed by atoms with Gasteiger partial charge in [0.25, 0.3) is 0 Å². The van der Waals surface area contributed by atoms with E-state index in [2.05, 4.69) is 10.2 Å². The Morgan fingerprint density at radius 1 is 0.857 bits per heavy atom. The molecule has 0 amide bonds. The third-order valence-electron chi connectivity index (χ3n) is 0.483. The smallest absolute Gasteiger partial charge is 0.0496 e. The van der Waals surface area contributed by atoms with Gasteiger partial charge in [-0.2, -0.15) is 10.2 Å². The maximum atomic E-state index is 3.53. The largest absolute Gasteiger partial charge is 0.159 e. The van der Waals surface area contributed by atoms with Gasteiger partial charge in [-0.3, -0.25) is 0 Å². The van der Waals surface area contributed by atoms with Crippen LogP contribution in [0.3, 0.4) is 0 Å². The fourth-order valence-corrected chi connectivity index (χ4v) is 0.253. The maximum Gasteiger partial charge on any atom is 0.0496 e. The van der Waals surface area contributed by atoms with E-state index in [9.17, 15) is 0 Å². The summed E-state index contributed by atoms with van der Waals surface area (Å²) in [6.45, 7) is 0. The van der Waals surface area contributed by atoms with Crippen LogP contribution in [-0.2, 0) is 0 Å². The van der Waals surface area contributed by atoms with E-state index in [1.807, 2.05) is 12.1 Å². The molecule has 0 bridgehead atoms. The summed E-state index contributed by atoms with van der Waals surface area (Å²) in [4.78, 5) is 0. The van der Waals surface area contributed by atoms with E-state index in [0.29, 0.717) is 0 Å². The van der Waals surface area contributed by atoms with Crippen LogP contribution >= 0.6 is 24.0 Å². The van der Waals surface area contributed by atoms with Crippen LogP contribution in [0, 0.1) is 0 Å². The molecule has 0 saturated heterocycles. The van der Waals surface area contributed by atoms with Crippen molar-refractivity contribution in [3.8, 4) is 0 Å². The molecule has 1 rings (SSSR count). The number of hydrogen-bond donors (Lipinski definition) is 0. The molecule has 0 N–H and O–H groups in total. The van der Waals surface area contributed by atoms with Gasteiger partial charge in [0.2, 0.25) is 0 Å². The Morgan fingerprint density at radius 2 is 1.29 bits per heavy atom. The zero-order chi connectivity index (χ0) is 4.24. The minimum absolute atomic E-state index is 0. The summed E-state index contributed by atoms with van der Waals surface area (Å²) in [6.07, 6.45) is 3.28. The van der Waals surface area contributed by atoms with Gasteiger partial charge in [-0.15, -0.1) is 24.0 Å². The summed E-state index contributed by atoms with van der Waals surface area (Å²) < 4.78 is 0. The minimum Gasteiger partial charge on any atom is -0.159 e. The monoisotopic (exact) mass is 208 g/mol. The Bertz CT molecular complexity index is 81.6. The fraction of sp³-hybridized carbons (Fsp3) is 0. The van der Waals surface area contributed by atoms with Gasteiger partial charge in [0, 0.05) is 12.4 Å². The van der Waals surface area contributed by atoms with Gasteiger partial charge in [0.05, 0.1) is 0 Å². The van der Waals surface area contributed by atoms with Gasteiger partial charge in [0.15, 0.2) is 0 Å². The van der Waals surface area contributed by atoms with Gasteiger partial charge in [-0.05, 0) is 12.1 Å². The van der Waals surface area contributed by atoms with Crippen molar-refractivity contribution in [2.45, 2.75) is 0 Å². The van der Waals surface area contributed by atoms with Crippen LogP contribution in [0.15, 0.2) is 24.5 Å². The number of rotatable bonds is 0. The molecule has 38 valence electrons. The number of aromatic nitrogens is 2. The van der Waals surface area contributed by atoms with Crippen molar-refractivity contribution >= 4 is 24.0 Å². The lowest BCUT2D eigenvalue weighted by molar-refractivity contribution is 1.03. The molecule has 1 heterocycles. The molecule has 0 atom stereocenters. The summed E-state index contributed by atoms with van der Waals surface area (Å²) in [5, 5.41) is 7.07.